The Morgan fingerprint density at radius 3 is 2.40 bits per heavy atom. The number of hydrogen-bond donors (Lipinski definition) is 1. The van der Waals surface area contributed by atoms with Crippen LogP contribution >= 0.6 is 11.6 Å². The summed E-state index contributed by atoms with van der Waals surface area (Å²) in [5, 5.41) is -0.0820. The molecule has 2 heterocycles. The molecule has 25 heavy (non-hydrogen) atoms. The van der Waals surface area contributed by atoms with Crippen LogP contribution in [0.25, 0.3) is 11.0 Å². The number of fused-ring (bicyclic) bond motifs is 1. The van der Waals surface area contributed by atoms with Gasteiger partial charge in [0.2, 0.25) is 0 Å². The van der Waals surface area contributed by atoms with Crippen LogP contribution in [0.1, 0.15) is 10.5 Å². The van der Waals surface area contributed by atoms with Crippen LogP contribution in [0.15, 0.2) is 47.5 Å². The fourth-order valence-electron chi connectivity index (χ4n) is 1.99. The highest BCUT2D eigenvalue weighted by molar-refractivity contribution is 7.92. The van der Waals surface area contributed by atoms with Crippen LogP contribution in [0.4, 0.5) is 5.82 Å². The molecule has 1 aromatic carbocycles. The van der Waals surface area contributed by atoms with Gasteiger partial charge >= 0.3 is 5.97 Å². The third-order valence-electron chi connectivity index (χ3n) is 3.20. The zero-order chi connectivity index (χ0) is 18.0. The molecule has 0 saturated carbocycles. The van der Waals surface area contributed by atoms with Gasteiger partial charge in [0.15, 0.2) is 11.0 Å². The molecule has 0 fully saturated rings. The van der Waals surface area contributed by atoms with Crippen LogP contribution in [0.3, 0.4) is 0 Å². The number of benzene rings is 1. The number of hydrogen-bond acceptors (Lipinski definition) is 7. The van der Waals surface area contributed by atoms with E-state index in [0.717, 1.165) is 6.20 Å². The predicted octanol–water partition coefficient (Wildman–Crippen LogP) is 2.27. The van der Waals surface area contributed by atoms with Crippen molar-refractivity contribution in [2.24, 2.45) is 0 Å². The molecule has 1 N–H and O–H groups in total. The van der Waals surface area contributed by atoms with E-state index < -0.39 is 16.0 Å². The lowest BCUT2D eigenvalue weighted by Gasteiger charge is -2.09. The number of anilines is 1. The summed E-state index contributed by atoms with van der Waals surface area (Å²) < 4.78 is 31.7. The maximum Gasteiger partial charge on any atom is 0.356 e. The van der Waals surface area contributed by atoms with Crippen LogP contribution < -0.4 is 4.72 Å². The van der Waals surface area contributed by atoms with Gasteiger partial charge in [-0.15, -0.1) is 0 Å². The Labute approximate surface area is 147 Å². The smallest absolute Gasteiger partial charge is 0.356 e. The number of methoxy groups -OCH3 is 1. The largest absolute Gasteiger partial charge is 0.464 e. The molecular formula is C15H11ClN4O4S. The highest BCUT2D eigenvalue weighted by Crippen LogP contribution is 2.23. The minimum atomic E-state index is -4.01. The van der Waals surface area contributed by atoms with Gasteiger partial charge < -0.3 is 4.74 Å². The summed E-state index contributed by atoms with van der Waals surface area (Å²) in [5.74, 6) is -0.766. The number of para-hydroxylation sites is 2. The Hall–Kier alpha value is -2.78. The molecule has 3 aromatic rings. The fraction of sp³-hybridized carbons (Fsp3) is 0.0667. The maximum absolute atomic E-state index is 12.4. The second-order valence-corrected chi connectivity index (χ2v) is 6.87. The van der Waals surface area contributed by atoms with E-state index in [1.54, 1.807) is 24.3 Å². The lowest BCUT2D eigenvalue weighted by atomic mass is 10.3. The molecule has 0 aliphatic carbocycles. The molecule has 0 bridgehead atoms. The van der Waals surface area contributed by atoms with Gasteiger partial charge in [-0.25, -0.2) is 28.2 Å². The number of carbonyl (C=O) groups is 1. The number of sulfonamides is 1. The van der Waals surface area contributed by atoms with Crippen LogP contribution in [0.2, 0.25) is 5.15 Å². The highest BCUT2D eigenvalue weighted by atomic mass is 35.5. The lowest BCUT2D eigenvalue weighted by molar-refractivity contribution is 0.0594. The molecule has 8 nitrogen and oxygen atoms in total. The number of nitrogens with one attached hydrogen (secondary N) is 1. The van der Waals surface area contributed by atoms with Crippen LogP contribution in [-0.2, 0) is 14.8 Å². The van der Waals surface area contributed by atoms with E-state index >= 15 is 0 Å². The Bertz CT molecular complexity index is 1050. The minimum absolute atomic E-state index is 0.00928. The molecule has 2 aromatic heterocycles. The molecule has 128 valence electrons. The number of ether oxygens (including phenoxy) is 1. The molecular weight excluding hydrogens is 368 g/mol. The van der Waals surface area contributed by atoms with E-state index in [1.165, 1.54) is 19.2 Å². The summed E-state index contributed by atoms with van der Waals surface area (Å²) in [7, 11) is -2.80. The first-order valence-corrected chi connectivity index (χ1v) is 8.76. The van der Waals surface area contributed by atoms with Crippen molar-refractivity contribution >= 4 is 44.4 Å². The number of esters is 1. The zero-order valence-corrected chi connectivity index (χ0v) is 14.4. The second-order valence-electron chi connectivity index (χ2n) is 4.83. The number of aromatic nitrogens is 3. The molecule has 0 unspecified atom stereocenters. The third-order valence-corrected chi connectivity index (χ3v) is 4.79. The van der Waals surface area contributed by atoms with E-state index in [-0.39, 0.29) is 21.6 Å². The number of rotatable bonds is 4. The van der Waals surface area contributed by atoms with Gasteiger partial charge in [-0.3, -0.25) is 4.72 Å². The SMILES string of the molecule is COC(=O)c1ccc(S(=O)(=O)Nc2nc3ccccc3nc2Cl)cn1. The van der Waals surface area contributed by atoms with Gasteiger partial charge in [0.1, 0.15) is 10.6 Å². The van der Waals surface area contributed by atoms with Gasteiger partial charge in [-0.2, -0.15) is 0 Å². The molecule has 0 atom stereocenters. The van der Waals surface area contributed by atoms with Crippen molar-refractivity contribution in [1.29, 1.82) is 0 Å². The van der Waals surface area contributed by atoms with E-state index in [1.807, 2.05) is 0 Å². The Balaban J connectivity index is 1.93. The van der Waals surface area contributed by atoms with Crippen molar-refractivity contribution in [2.75, 3.05) is 11.8 Å². The topological polar surface area (TPSA) is 111 Å². The zero-order valence-electron chi connectivity index (χ0n) is 12.8. The Morgan fingerprint density at radius 1 is 1.12 bits per heavy atom. The number of carbonyl (C=O) groups excluding carboxylic acids is 1. The van der Waals surface area contributed by atoms with E-state index in [9.17, 15) is 13.2 Å². The number of halogens is 1. The average molecular weight is 379 g/mol. The number of pyridine rings is 1. The lowest BCUT2D eigenvalue weighted by Crippen LogP contribution is -2.15. The van der Waals surface area contributed by atoms with E-state index in [4.69, 9.17) is 11.6 Å². The van der Waals surface area contributed by atoms with E-state index in [0.29, 0.717) is 11.0 Å². The maximum atomic E-state index is 12.4. The van der Waals surface area contributed by atoms with Gasteiger partial charge in [-0.05, 0) is 24.3 Å². The number of nitrogens with zero attached hydrogens (tertiary/aromatic N) is 3. The quantitative estimate of drug-likeness (QED) is 0.693. The van der Waals surface area contributed by atoms with Crippen LogP contribution in [0.5, 0.6) is 0 Å². The minimum Gasteiger partial charge on any atom is -0.464 e. The standard InChI is InChI=1S/C15H11ClN4O4S/c1-24-15(21)12-7-6-9(8-17-12)25(22,23)20-14-13(16)18-10-4-2-3-5-11(10)19-14/h2-8H,1H3,(H,19,20). The average Bonchev–Trinajstić information content (AvgIpc) is 2.61. The van der Waals surface area contributed by atoms with Crippen molar-refractivity contribution in [3.8, 4) is 0 Å². The molecule has 10 heteroatoms. The van der Waals surface area contributed by atoms with Gasteiger partial charge in [0.25, 0.3) is 10.0 Å². The summed E-state index contributed by atoms with van der Waals surface area (Å²) in [5.41, 5.74) is 1.02. The summed E-state index contributed by atoms with van der Waals surface area (Å²) >= 11 is 6.00. The normalized spacial score (nSPS) is 11.3. The monoisotopic (exact) mass is 378 g/mol. The second kappa shape index (κ2) is 6.61. The Kier molecular flexibility index (Phi) is 4.51. The summed E-state index contributed by atoms with van der Waals surface area (Å²) in [6, 6.07) is 9.38. The summed E-state index contributed by atoms with van der Waals surface area (Å²) in [4.78, 5) is 23.2. The first-order chi connectivity index (χ1) is 11.9. The third kappa shape index (κ3) is 3.52. The van der Waals surface area contributed by atoms with Crippen LogP contribution in [-0.4, -0.2) is 36.4 Å². The van der Waals surface area contributed by atoms with Gasteiger partial charge in [-0.1, -0.05) is 23.7 Å². The molecule has 0 amide bonds. The predicted molar refractivity (Wildman–Crippen MR) is 90.9 cm³/mol. The van der Waals surface area contributed by atoms with Crippen molar-refractivity contribution in [3.05, 3.63) is 53.4 Å². The molecule has 3 rings (SSSR count). The van der Waals surface area contributed by atoms with Gasteiger partial charge in [0.05, 0.1) is 18.1 Å². The van der Waals surface area contributed by atoms with Crippen LogP contribution in [0, 0.1) is 0 Å². The highest BCUT2D eigenvalue weighted by Gasteiger charge is 2.19. The summed E-state index contributed by atoms with van der Waals surface area (Å²) in [6.07, 6.45) is 1.04. The van der Waals surface area contributed by atoms with Crippen molar-refractivity contribution < 1.29 is 17.9 Å². The molecule has 0 aliphatic rings. The first kappa shape index (κ1) is 17.1. The van der Waals surface area contributed by atoms with Crippen molar-refractivity contribution in [1.82, 2.24) is 15.0 Å². The van der Waals surface area contributed by atoms with E-state index in [2.05, 4.69) is 24.4 Å². The first-order valence-electron chi connectivity index (χ1n) is 6.90. The molecule has 0 saturated heterocycles. The molecule has 0 radical (unpaired) electrons. The molecule has 0 spiro atoms. The van der Waals surface area contributed by atoms with Gasteiger partial charge in [0, 0.05) is 6.20 Å². The van der Waals surface area contributed by atoms with Crippen molar-refractivity contribution in [3.63, 3.8) is 0 Å². The fourth-order valence-corrected chi connectivity index (χ4v) is 3.18. The Morgan fingerprint density at radius 2 is 1.80 bits per heavy atom. The molecule has 0 aliphatic heterocycles. The summed E-state index contributed by atoms with van der Waals surface area (Å²) in [6.45, 7) is 0. The van der Waals surface area contributed by atoms with Crippen molar-refractivity contribution in [2.45, 2.75) is 4.90 Å².